The number of nitrogens with zero attached hydrogens (tertiary/aromatic N) is 4. The fraction of sp³-hybridized carbons (Fsp3) is 0.417. The summed E-state index contributed by atoms with van der Waals surface area (Å²) in [6.45, 7) is 10.4. The largest absolute Gasteiger partial charge is 0.387 e. The summed E-state index contributed by atoms with van der Waals surface area (Å²) >= 11 is 3.54. The smallest absolute Gasteiger partial charge is 0.246 e. The van der Waals surface area contributed by atoms with Crippen LogP contribution in [0.15, 0.2) is 81.6 Å². The predicted octanol–water partition coefficient (Wildman–Crippen LogP) is 7.60. The van der Waals surface area contributed by atoms with Crippen molar-refractivity contribution in [2.45, 2.75) is 90.9 Å². The van der Waals surface area contributed by atoms with Crippen LogP contribution in [0.3, 0.4) is 0 Å². The lowest BCUT2D eigenvalue weighted by Gasteiger charge is -2.31. The number of likely N-dealkylation sites (tertiary alicyclic amines) is 2. The summed E-state index contributed by atoms with van der Waals surface area (Å²) in [5.41, 5.74) is 11.2. The van der Waals surface area contributed by atoms with Crippen molar-refractivity contribution in [1.82, 2.24) is 20.4 Å². The summed E-state index contributed by atoms with van der Waals surface area (Å²) in [5, 5.41) is 19.3. The average molecular weight is 859 g/mol. The van der Waals surface area contributed by atoms with Crippen molar-refractivity contribution < 1.29 is 24.3 Å². The normalized spacial score (nSPS) is 19.9. The van der Waals surface area contributed by atoms with E-state index in [-0.39, 0.29) is 41.6 Å². The molecule has 2 aromatic carbocycles. The monoisotopic (exact) mass is 858 g/mol. The van der Waals surface area contributed by atoms with Gasteiger partial charge in [-0.15, -0.1) is 22.7 Å². The van der Waals surface area contributed by atoms with Gasteiger partial charge in [0.15, 0.2) is 0 Å². The second kappa shape index (κ2) is 18.0. The lowest BCUT2D eigenvalue weighted by molar-refractivity contribution is -0.138. The summed E-state index contributed by atoms with van der Waals surface area (Å²) in [7, 11) is 0. The number of hydrogen-bond acceptors (Lipinski definition) is 9. The lowest BCUT2D eigenvalue weighted by Crippen LogP contribution is -2.54. The molecule has 2 fully saturated rings. The van der Waals surface area contributed by atoms with Crippen LogP contribution in [0.1, 0.15) is 77.8 Å². The topological polar surface area (TPSA) is 144 Å². The molecule has 0 saturated carbocycles. The van der Waals surface area contributed by atoms with Crippen LogP contribution in [0.5, 0.6) is 0 Å². The molecule has 11 nitrogen and oxygen atoms in total. The van der Waals surface area contributed by atoms with Crippen molar-refractivity contribution in [2.75, 3.05) is 26.2 Å². The van der Waals surface area contributed by atoms with Gasteiger partial charge in [-0.2, -0.15) is 0 Å². The number of aliphatic hydroxyl groups excluding tert-OH is 1. The summed E-state index contributed by atoms with van der Waals surface area (Å²) in [4.78, 5) is 64.5. The van der Waals surface area contributed by atoms with E-state index in [1.54, 1.807) is 22.7 Å². The number of thiophene rings is 2. The van der Waals surface area contributed by atoms with Gasteiger partial charge >= 0.3 is 0 Å². The number of carbonyl (C=O) groups excluding carboxylic acids is 4. The number of amides is 4. The molecular formula is C48H54N6O5S2. The number of aliphatic hydroxyl groups is 1. The Morgan fingerprint density at radius 3 is 1.79 bits per heavy atom. The highest BCUT2D eigenvalue weighted by molar-refractivity contribution is 7.27. The zero-order valence-corrected chi connectivity index (χ0v) is 37.1. The van der Waals surface area contributed by atoms with Crippen LogP contribution < -0.4 is 10.6 Å². The average Bonchev–Trinajstić information content (AvgIpc) is 4.11. The van der Waals surface area contributed by atoms with Crippen LogP contribution in [0.4, 0.5) is 0 Å². The maximum atomic E-state index is 13.6. The number of carbonyl (C=O) groups is 4. The molecule has 6 heterocycles. The molecule has 3 N–H and O–H groups in total. The van der Waals surface area contributed by atoms with E-state index in [9.17, 15) is 24.3 Å². The van der Waals surface area contributed by atoms with Crippen LogP contribution in [-0.2, 0) is 19.2 Å². The van der Waals surface area contributed by atoms with Crippen LogP contribution in [0, 0.1) is 11.8 Å². The van der Waals surface area contributed by atoms with E-state index in [1.807, 2.05) is 43.7 Å². The molecule has 0 spiro atoms. The molecule has 8 rings (SSSR count). The summed E-state index contributed by atoms with van der Waals surface area (Å²) < 4.78 is 2.55. The second-order valence-corrected chi connectivity index (χ2v) is 19.0. The van der Waals surface area contributed by atoms with Gasteiger partial charge in [0.25, 0.3) is 0 Å². The number of benzene rings is 2. The Kier molecular flexibility index (Phi) is 12.5. The van der Waals surface area contributed by atoms with Gasteiger partial charge in [-0.1, -0.05) is 76.2 Å². The molecule has 0 aliphatic carbocycles. The van der Waals surface area contributed by atoms with Gasteiger partial charge in [-0.05, 0) is 77.0 Å². The highest BCUT2D eigenvalue weighted by atomic mass is 32.1. The second-order valence-electron chi connectivity index (χ2n) is 17.2. The molecule has 4 aliphatic heterocycles. The molecule has 4 amide bonds. The molecule has 0 radical (unpaired) electrons. The fourth-order valence-electron chi connectivity index (χ4n) is 9.13. The zero-order chi connectivity index (χ0) is 42.9. The lowest BCUT2D eigenvalue weighted by atomic mass is 9.96. The standard InChI is InChI=1S/C48H54N6O5S2/c1-27(2)43(51-29(5)56)47(58)53-18-6-8-40(53)38-20-34(22-49-38)30-10-14-32(15-11-30)36-25-60-46-37(26-61-45(36)46)33-16-12-31(13-17-33)35-21-39(50-23-35)41-9-7-19-54(41)48(59)44(28(3)4)52-42(57)24-55/h10-17,21-22,25-28,40-41,43-44,55H,6-9,18-20,23-24H2,1-5H3,(H,51,56)(H,52,57)/t40?,41?,43-,44-/m0/s1. The number of rotatable bonds is 13. The van der Waals surface area contributed by atoms with E-state index in [1.165, 1.54) is 33.0 Å². The first-order valence-corrected chi connectivity index (χ1v) is 23.2. The van der Waals surface area contributed by atoms with Crippen LogP contribution in [-0.4, -0.2) is 100 Å². The summed E-state index contributed by atoms with van der Waals surface area (Å²) in [6.07, 6.45) is 8.29. The Bertz CT molecular complexity index is 2460. The SMILES string of the molecule is CC(=O)N[C@H](C(=O)N1CCCC1C1=NC=C(c2ccc(-c3csc4c(-c5ccc(C6=CC(C7CCCN7C(=O)[C@@H](NC(=O)CO)C(C)C)=NC6)cc5)csc34)cc2)C1)C(C)C. The summed E-state index contributed by atoms with van der Waals surface area (Å²) in [6, 6.07) is 16.0. The minimum absolute atomic E-state index is 0.00353. The van der Waals surface area contributed by atoms with Crippen molar-refractivity contribution >= 4 is 78.3 Å². The third-order valence-corrected chi connectivity index (χ3v) is 14.6. The molecular weight excluding hydrogens is 805 g/mol. The van der Waals surface area contributed by atoms with E-state index in [4.69, 9.17) is 9.98 Å². The van der Waals surface area contributed by atoms with Crippen LogP contribution in [0.25, 0.3) is 42.8 Å². The zero-order valence-electron chi connectivity index (χ0n) is 35.4. The van der Waals surface area contributed by atoms with Crippen molar-refractivity contribution in [3.8, 4) is 22.3 Å². The van der Waals surface area contributed by atoms with Crippen LogP contribution >= 0.6 is 22.7 Å². The van der Waals surface area contributed by atoms with Crippen molar-refractivity contribution in [3.05, 3.63) is 82.7 Å². The molecule has 4 atom stereocenters. The molecule has 2 unspecified atom stereocenters. The molecule has 4 aromatic rings. The van der Waals surface area contributed by atoms with E-state index in [2.05, 4.69) is 76.0 Å². The Morgan fingerprint density at radius 2 is 1.25 bits per heavy atom. The van der Waals surface area contributed by atoms with E-state index in [0.717, 1.165) is 64.9 Å². The predicted molar refractivity (Wildman–Crippen MR) is 247 cm³/mol. The van der Waals surface area contributed by atoms with Gasteiger partial charge in [0, 0.05) is 60.2 Å². The maximum absolute atomic E-state index is 13.6. The first kappa shape index (κ1) is 42.5. The maximum Gasteiger partial charge on any atom is 0.246 e. The molecule has 318 valence electrons. The quantitative estimate of drug-likeness (QED) is 0.127. The molecule has 2 aromatic heterocycles. The Morgan fingerprint density at radius 1 is 0.738 bits per heavy atom. The number of fused-ring (bicyclic) bond motifs is 1. The molecule has 0 bridgehead atoms. The Labute approximate surface area is 365 Å². The van der Waals surface area contributed by atoms with Gasteiger partial charge in [0.2, 0.25) is 23.6 Å². The first-order valence-electron chi connectivity index (χ1n) is 21.4. The summed E-state index contributed by atoms with van der Waals surface area (Å²) in [5.74, 6) is -1.00. The van der Waals surface area contributed by atoms with E-state index >= 15 is 0 Å². The van der Waals surface area contributed by atoms with E-state index in [0.29, 0.717) is 26.1 Å². The van der Waals surface area contributed by atoms with Crippen LogP contribution in [0.2, 0.25) is 0 Å². The first-order chi connectivity index (χ1) is 29.4. The molecule has 2 saturated heterocycles. The minimum Gasteiger partial charge on any atom is -0.387 e. The van der Waals surface area contributed by atoms with Gasteiger partial charge in [-0.3, -0.25) is 29.2 Å². The van der Waals surface area contributed by atoms with Crippen molar-refractivity contribution in [3.63, 3.8) is 0 Å². The highest BCUT2D eigenvalue weighted by Crippen LogP contribution is 2.44. The number of hydrogen-bond donors (Lipinski definition) is 3. The number of allylic oxidation sites excluding steroid dienone is 1. The Balaban J connectivity index is 0.909. The van der Waals surface area contributed by atoms with Crippen molar-refractivity contribution in [1.29, 1.82) is 0 Å². The fourth-order valence-corrected chi connectivity index (χ4v) is 11.6. The highest BCUT2D eigenvalue weighted by Gasteiger charge is 2.39. The molecule has 61 heavy (non-hydrogen) atoms. The molecule has 13 heteroatoms. The molecule has 4 aliphatic rings. The Hall–Kier alpha value is -5.24. The third kappa shape index (κ3) is 8.65. The number of nitrogens with one attached hydrogen (secondary N) is 2. The van der Waals surface area contributed by atoms with Gasteiger partial charge in [0.05, 0.1) is 33.7 Å². The van der Waals surface area contributed by atoms with Gasteiger partial charge in [-0.25, -0.2) is 0 Å². The van der Waals surface area contributed by atoms with Gasteiger partial charge < -0.3 is 25.5 Å². The number of aliphatic imine (C=N–C) groups is 2. The van der Waals surface area contributed by atoms with Crippen molar-refractivity contribution in [2.24, 2.45) is 21.8 Å². The van der Waals surface area contributed by atoms with E-state index < -0.39 is 24.6 Å². The minimum atomic E-state index is -0.691. The van der Waals surface area contributed by atoms with Gasteiger partial charge in [0.1, 0.15) is 18.7 Å². The third-order valence-electron chi connectivity index (χ3n) is 12.4.